The molecule has 0 spiro atoms. The minimum absolute atomic E-state index is 0.0743. The molecule has 8 heteroatoms. The molecule has 0 aliphatic heterocycles. The van der Waals surface area contributed by atoms with Gasteiger partial charge in [-0.2, -0.15) is 0 Å². The summed E-state index contributed by atoms with van der Waals surface area (Å²) >= 11 is 3.28. The number of fused-ring (bicyclic) bond motifs is 1. The first-order chi connectivity index (χ1) is 9.94. The normalized spacial score (nSPS) is 11.7. The van der Waals surface area contributed by atoms with Gasteiger partial charge in [-0.1, -0.05) is 22.0 Å². The molecule has 3 aromatic rings. The predicted octanol–water partition coefficient (Wildman–Crippen LogP) is 2.42. The number of nitrogens with one attached hydrogen (secondary N) is 3. The Balaban J connectivity index is 2.01. The highest BCUT2D eigenvalue weighted by atomic mass is 79.9. The molecule has 0 aliphatic carbocycles. The van der Waals surface area contributed by atoms with Gasteiger partial charge in [-0.15, -0.1) is 0 Å². The van der Waals surface area contributed by atoms with Crippen LogP contribution in [0.15, 0.2) is 56.6 Å². The maximum absolute atomic E-state index is 12.3. The highest BCUT2D eigenvalue weighted by Crippen LogP contribution is 2.21. The number of hydrogen-bond acceptors (Lipinski definition) is 3. The van der Waals surface area contributed by atoms with Gasteiger partial charge in [0.1, 0.15) is 0 Å². The maximum Gasteiger partial charge on any atom is 0.323 e. The van der Waals surface area contributed by atoms with E-state index in [9.17, 15) is 13.2 Å². The molecule has 0 unspecified atom stereocenters. The van der Waals surface area contributed by atoms with Gasteiger partial charge in [-0.05, 0) is 36.4 Å². The van der Waals surface area contributed by atoms with Crippen LogP contribution in [-0.2, 0) is 10.0 Å². The minimum atomic E-state index is -3.72. The summed E-state index contributed by atoms with van der Waals surface area (Å²) < 4.78 is 27.9. The fourth-order valence-corrected chi connectivity index (χ4v) is 3.42. The van der Waals surface area contributed by atoms with E-state index in [1.165, 1.54) is 12.1 Å². The monoisotopic (exact) mass is 367 g/mol. The van der Waals surface area contributed by atoms with Crippen molar-refractivity contribution in [3.05, 3.63) is 57.4 Å². The molecule has 1 heterocycles. The summed E-state index contributed by atoms with van der Waals surface area (Å²) in [5.41, 5.74) is 1.07. The molecule has 0 atom stereocenters. The van der Waals surface area contributed by atoms with Crippen molar-refractivity contribution >= 4 is 42.7 Å². The highest BCUT2D eigenvalue weighted by molar-refractivity contribution is 9.10. The lowest BCUT2D eigenvalue weighted by molar-refractivity contribution is 0.601. The lowest BCUT2D eigenvalue weighted by atomic mass is 10.3. The zero-order valence-corrected chi connectivity index (χ0v) is 13.0. The summed E-state index contributed by atoms with van der Waals surface area (Å²) in [4.78, 5) is 16.4. The number of hydrogen-bond donors (Lipinski definition) is 3. The summed E-state index contributed by atoms with van der Waals surface area (Å²) in [5, 5.41) is 0. The number of aromatic nitrogens is 2. The second kappa shape index (κ2) is 5.05. The van der Waals surface area contributed by atoms with Crippen LogP contribution in [0, 0.1) is 0 Å². The second-order valence-corrected chi connectivity index (χ2v) is 7.00. The van der Waals surface area contributed by atoms with Crippen LogP contribution in [0.3, 0.4) is 0 Å². The molecule has 6 nitrogen and oxygen atoms in total. The number of benzene rings is 2. The summed E-state index contributed by atoms with van der Waals surface area (Å²) in [6, 6.07) is 11.2. The molecule has 1 aromatic heterocycles. The predicted molar refractivity (Wildman–Crippen MR) is 83.9 cm³/mol. The van der Waals surface area contributed by atoms with Crippen molar-refractivity contribution in [1.82, 2.24) is 9.97 Å². The van der Waals surface area contributed by atoms with Gasteiger partial charge in [-0.3, -0.25) is 4.72 Å². The fourth-order valence-electron chi connectivity index (χ4n) is 1.94. The van der Waals surface area contributed by atoms with Crippen LogP contribution in [0.5, 0.6) is 0 Å². The molecule has 21 heavy (non-hydrogen) atoms. The largest absolute Gasteiger partial charge is 0.323 e. The molecule has 0 saturated carbocycles. The van der Waals surface area contributed by atoms with Crippen molar-refractivity contribution < 1.29 is 8.42 Å². The average molecular weight is 368 g/mol. The van der Waals surface area contributed by atoms with Crippen molar-refractivity contribution in [2.45, 2.75) is 4.90 Å². The van der Waals surface area contributed by atoms with E-state index in [0.717, 1.165) is 4.47 Å². The second-order valence-electron chi connectivity index (χ2n) is 4.40. The lowest BCUT2D eigenvalue weighted by Crippen LogP contribution is -2.12. The Bertz CT molecular complexity index is 975. The zero-order valence-electron chi connectivity index (χ0n) is 10.6. The van der Waals surface area contributed by atoms with Crippen LogP contribution in [-0.4, -0.2) is 18.4 Å². The number of sulfonamides is 1. The van der Waals surface area contributed by atoms with E-state index >= 15 is 0 Å². The number of halogens is 1. The van der Waals surface area contributed by atoms with Crippen LogP contribution >= 0.6 is 15.9 Å². The highest BCUT2D eigenvalue weighted by Gasteiger charge is 2.15. The van der Waals surface area contributed by atoms with Crippen molar-refractivity contribution in [1.29, 1.82) is 0 Å². The van der Waals surface area contributed by atoms with Crippen LogP contribution < -0.4 is 10.4 Å². The first kappa shape index (κ1) is 13.9. The Hall–Kier alpha value is -2.06. The van der Waals surface area contributed by atoms with Gasteiger partial charge in [0.15, 0.2) is 0 Å². The molecule has 0 radical (unpaired) electrons. The Morgan fingerprint density at radius 2 is 1.76 bits per heavy atom. The Labute approximate surface area is 128 Å². The van der Waals surface area contributed by atoms with Crippen molar-refractivity contribution in [2.24, 2.45) is 0 Å². The van der Waals surface area contributed by atoms with Gasteiger partial charge in [0.2, 0.25) is 0 Å². The first-order valence-electron chi connectivity index (χ1n) is 5.94. The fraction of sp³-hybridized carbons (Fsp3) is 0. The summed E-state index contributed by atoms with van der Waals surface area (Å²) in [6.45, 7) is 0. The molecule has 3 N–H and O–H groups in total. The van der Waals surface area contributed by atoms with Crippen LogP contribution in [0.4, 0.5) is 5.69 Å². The van der Waals surface area contributed by atoms with Gasteiger partial charge in [-0.25, -0.2) is 13.2 Å². The van der Waals surface area contributed by atoms with E-state index in [4.69, 9.17) is 0 Å². The molecule has 0 fully saturated rings. The van der Waals surface area contributed by atoms with Crippen molar-refractivity contribution in [3.8, 4) is 0 Å². The van der Waals surface area contributed by atoms with E-state index in [1.807, 2.05) is 0 Å². The van der Waals surface area contributed by atoms with Gasteiger partial charge in [0.05, 0.1) is 15.9 Å². The van der Waals surface area contributed by atoms with Crippen LogP contribution in [0.1, 0.15) is 0 Å². The average Bonchev–Trinajstić information content (AvgIpc) is 2.77. The van der Waals surface area contributed by atoms with Crippen LogP contribution in [0.25, 0.3) is 11.0 Å². The third kappa shape index (κ3) is 2.86. The Kier molecular flexibility index (Phi) is 3.34. The molecular weight excluding hydrogens is 358 g/mol. The topological polar surface area (TPSA) is 94.8 Å². The van der Waals surface area contributed by atoms with Gasteiger partial charge in [0, 0.05) is 10.2 Å². The smallest absolute Gasteiger partial charge is 0.306 e. The minimum Gasteiger partial charge on any atom is -0.306 e. The third-order valence-corrected chi connectivity index (χ3v) is 4.75. The molecule has 0 aliphatic rings. The van der Waals surface area contributed by atoms with Crippen molar-refractivity contribution in [3.63, 3.8) is 0 Å². The number of H-pyrrole nitrogens is 2. The Morgan fingerprint density at radius 1 is 1.00 bits per heavy atom. The van der Waals surface area contributed by atoms with E-state index in [-0.39, 0.29) is 10.6 Å². The molecule has 3 rings (SSSR count). The van der Waals surface area contributed by atoms with Gasteiger partial charge >= 0.3 is 5.69 Å². The number of anilines is 1. The number of rotatable bonds is 3. The molecular formula is C13H10BrN3O3S. The van der Waals surface area contributed by atoms with E-state index in [1.54, 1.807) is 30.3 Å². The molecule has 108 valence electrons. The molecule has 2 aromatic carbocycles. The summed E-state index contributed by atoms with van der Waals surface area (Å²) in [6.07, 6.45) is 0. The van der Waals surface area contributed by atoms with Crippen molar-refractivity contribution in [2.75, 3.05) is 4.72 Å². The van der Waals surface area contributed by atoms with Crippen LogP contribution in [0.2, 0.25) is 0 Å². The summed E-state index contributed by atoms with van der Waals surface area (Å²) in [5.74, 6) is 0. The quantitative estimate of drug-likeness (QED) is 0.663. The standard InChI is InChI=1S/C13H10BrN3O3S/c14-8-2-1-3-9(6-8)17-21(19,20)10-4-5-11-12(7-10)16-13(18)15-11/h1-7,17H,(H2,15,16,18). The SMILES string of the molecule is O=c1[nH]c2ccc(S(=O)(=O)Nc3cccc(Br)c3)cc2[nH]1. The molecule has 0 amide bonds. The number of imidazole rings is 1. The molecule has 0 bridgehead atoms. The van der Waals surface area contributed by atoms with E-state index in [2.05, 4.69) is 30.6 Å². The number of aromatic amines is 2. The van der Waals surface area contributed by atoms with Gasteiger partial charge in [0.25, 0.3) is 10.0 Å². The third-order valence-electron chi connectivity index (χ3n) is 2.87. The lowest BCUT2D eigenvalue weighted by Gasteiger charge is -2.08. The maximum atomic E-state index is 12.3. The zero-order chi connectivity index (χ0) is 15.0. The Morgan fingerprint density at radius 3 is 2.52 bits per heavy atom. The molecule has 0 saturated heterocycles. The van der Waals surface area contributed by atoms with E-state index < -0.39 is 10.0 Å². The summed E-state index contributed by atoms with van der Waals surface area (Å²) in [7, 11) is -3.72. The first-order valence-corrected chi connectivity index (χ1v) is 8.22. The van der Waals surface area contributed by atoms with Gasteiger partial charge < -0.3 is 9.97 Å². The van der Waals surface area contributed by atoms with E-state index in [0.29, 0.717) is 16.7 Å².